The van der Waals surface area contributed by atoms with Gasteiger partial charge in [0.1, 0.15) is 0 Å². The number of carbonyl (C=O) groups excluding carboxylic acids is 1. The Morgan fingerprint density at radius 1 is 1.11 bits per heavy atom. The van der Waals surface area contributed by atoms with Crippen molar-refractivity contribution in [3.05, 3.63) is 0 Å². The second-order valence-electron chi connectivity index (χ2n) is 6.71. The van der Waals surface area contributed by atoms with Crippen LogP contribution in [0.15, 0.2) is 0 Å². The van der Waals surface area contributed by atoms with Gasteiger partial charge in [0.25, 0.3) is 0 Å². The van der Waals surface area contributed by atoms with Crippen LogP contribution in [0.2, 0.25) is 0 Å². The lowest BCUT2D eigenvalue weighted by molar-refractivity contribution is -0.150. The Morgan fingerprint density at radius 3 is 1.89 bits per heavy atom. The van der Waals surface area contributed by atoms with Crippen LogP contribution in [0, 0.1) is 17.3 Å². The van der Waals surface area contributed by atoms with Crippen LogP contribution in [0.4, 0.5) is 0 Å². The fraction of sp³-hybridized carbons (Fsp3) is 0.933. The Kier molecular flexibility index (Phi) is 7.53. The first-order chi connectivity index (χ1) is 8.19. The second-order valence-corrected chi connectivity index (χ2v) is 6.71. The third kappa shape index (κ3) is 7.00. The minimum atomic E-state index is -0.457. The van der Waals surface area contributed by atoms with E-state index in [0.717, 1.165) is 12.8 Å². The summed E-state index contributed by atoms with van der Waals surface area (Å²) in [6.07, 6.45) is 2.30. The maximum Gasteiger partial charge on any atom is 0.312 e. The molecule has 0 heterocycles. The summed E-state index contributed by atoms with van der Waals surface area (Å²) < 4.78 is 4.83. The van der Waals surface area contributed by atoms with Crippen LogP contribution in [0.1, 0.15) is 54.4 Å². The molecule has 0 bridgehead atoms. The average molecular weight is 257 g/mol. The minimum absolute atomic E-state index is 0.150. The van der Waals surface area contributed by atoms with E-state index >= 15 is 0 Å². The molecule has 0 aromatic carbocycles. The fourth-order valence-corrected chi connectivity index (χ4v) is 2.15. The van der Waals surface area contributed by atoms with Gasteiger partial charge < -0.3 is 10.1 Å². The summed E-state index contributed by atoms with van der Waals surface area (Å²) in [4.78, 5) is 11.6. The van der Waals surface area contributed by atoms with Gasteiger partial charge in [-0.3, -0.25) is 4.79 Å². The molecule has 0 aliphatic carbocycles. The molecular weight excluding hydrogens is 226 g/mol. The van der Waals surface area contributed by atoms with E-state index in [-0.39, 0.29) is 5.97 Å². The fourth-order valence-electron chi connectivity index (χ4n) is 2.15. The molecule has 0 radical (unpaired) electrons. The molecule has 0 aliphatic heterocycles. The van der Waals surface area contributed by atoms with Crippen LogP contribution in [0.3, 0.4) is 0 Å². The predicted octanol–water partition coefficient (Wildman–Crippen LogP) is 3.24. The summed E-state index contributed by atoms with van der Waals surface area (Å²) in [6.45, 7) is 13.5. The number of esters is 1. The van der Waals surface area contributed by atoms with Crippen molar-refractivity contribution in [1.82, 2.24) is 5.32 Å². The van der Waals surface area contributed by atoms with Crippen LogP contribution in [0.5, 0.6) is 0 Å². The lowest BCUT2D eigenvalue weighted by Crippen LogP contribution is -2.42. The van der Waals surface area contributed by atoms with Gasteiger partial charge in [-0.05, 0) is 38.5 Å². The van der Waals surface area contributed by atoms with E-state index in [1.165, 1.54) is 7.11 Å². The lowest BCUT2D eigenvalue weighted by Gasteiger charge is -2.28. The van der Waals surface area contributed by atoms with Gasteiger partial charge in [0.2, 0.25) is 0 Å². The SMILES string of the molecule is COC(=O)C(C)(C)CNC(CC(C)C)CC(C)C. The number of hydrogen-bond donors (Lipinski definition) is 1. The van der Waals surface area contributed by atoms with Crippen molar-refractivity contribution in [3.8, 4) is 0 Å². The van der Waals surface area contributed by atoms with Gasteiger partial charge in [0.15, 0.2) is 0 Å². The molecule has 0 saturated heterocycles. The highest BCUT2D eigenvalue weighted by molar-refractivity contribution is 5.76. The molecule has 0 amide bonds. The summed E-state index contributed by atoms with van der Waals surface area (Å²) >= 11 is 0. The smallest absolute Gasteiger partial charge is 0.312 e. The Balaban J connectivity index is 4.36. The van der Waals surface area contributed by atoms with E-state index in [1.54, 1.807) is 0 Å². The highest BCUT2D eigenvalue weighted by atomic mass is 16.5. The molecule has 108 valence electrons. The monoisotopic (exact) mass is 257 g/mol. The van der Waals surface area contributed by atoms with Crippen LogP contribution >= 0.6 is 0 Å². The normalized spacial score (nSPS) is 12.6. The molecule has 1 N–H and O–H groups in total. The van der Waals surface area contributed by atoms with E-state index < -0.39 is 5.41 Å². The first kappa shape index (κ1) is 17.4. The average Bonchev–Trinajstić information content (AvgIpc) is 2.23. The molecule has 0 spiro atoms. The molecule has 0 atom stereocenters. The van der Waals surface area contributed by atoms with Crippen LogP contribution in [-0.4, -0.2) is 25.7 Å². The maximum atomic E-state index is 11.6. The first-order valence-electron chi connectivity index (χ1n) is 7.00. The second kappa shape index (κ2) is 7.78. The molecule has 0 unspecified atom stereocenters. The van der Waals surface area contributed by atoms with Crippen molar-refractivity contribution < 1.29 is 9.53 Å². The topological polar surface area (TPSA) is 38.3 Å². The van der Waals surface area contributed by atoms with Gasteiger partial charge in [-0.1, -0.05) is 27.7 Å². The van der Waals surface area contributed by atoms with Crippen molar-refractivity contribution in [2.75, 3.05) is 13.7 Å². The lowest BCUT2D eigenvalue weighted by atomic mass is 9.91. The number of methoxy groups -OCH3 is 1. The molecule has 0 aliphatic rings. The zero-order chi connectivity index (χ0) is 14.3. The van der Waals surface area contributed by atoms with Crippen LogP contribution in [-0.2, 0) is 9.53 Å². The standard InChI is InChI=1S/C15H31NO2/c1-11(2)8-13(9-12(3)4)16-10-15(5,6)14(17)18-7/h11-13,16H,8-10H2,1-7H3. The van der Waals surface area contributed by atoms with E-state index in [9.17, 15) is 4.79 Å². The molecule has 0 aromatic rings. The molecule has 18 heavy (non-hydrogen) atoms. The van der Waals surface area contributed by atoms with Crippen molar-refractivity contribution in [2.24, 2.45) is 17.3 Å². The number of ether oxygens (including phenoxy) is 1. The van der Waals surface area contributed by atoms with Gasteiger partial charge in [-0.15, -0.1) is 0 Å². The number of carbonyl (C=O) groups is 1. The first-order valence-corrected chi connectivity index (χ1v) is 7.00. The summed E-state index contributed by atoms with van der Waals surface area (Å²) in [5, 5.41) is 3.54. The molecule has 0 saturated carbocycles. The molecule has 3 heteroatoms. The molecule has 0 aromatic heterocycles. The summed E-state index contributed by atoms with van der Waals surface area (Å²) in [6, 6.07) is 0.480. The Morgan fingerprint density at radius 2 is 1.56 bits per heavy atom. The Hall–Kier alpha value is -0.570. The van der Waals surface area contributed by atoms with E-state index in [1.807, 2.05) is 13.8 Å². The summed E-state index contributed by atoms with van der Waals surface area (Å²) in [5.41, 5.74) is -0.457. The van der Waals surface area contributed by atoms with Gasteiger partial charge in [-0.25, -0.2) is 0 Å². The van der Waals surface area contributed by atoms with Crippen LogP contribution in [0.25, 0.3) is 0 Å². The summed E-state index contributed by atoms with van der Waals surface area (Å²) in [7, 11) is 1.45. The number of nitrogens with one attached hydrogen (secondary N) is 1. The predicted molar refractivity (Wildman–Crippen MR) is 76.5 cm³/mol. The van der Waals surface area contributed by atoms with Crippen molar-refractivity contribution in [3.63, 3.8) is 0 Å². The largest absolute Gasteiger partial charge is 0.469 e. The summed E-state index contributed by atoms with van der Waals surface area (Å²) in [5.74, 6) is 1.19. The highest BCUT2D eigenvalue weighted by Crippen LogP contribution is 2.18. The van der Waals surface area contributed by atoms with Crippen LogP contribution < -0.4 is 5.32 Å². The van der Waals surface area contributed by atoms with E-state index in [0.29, 0.717) is 24.4 Å². The van der Waals surface area contributed by atoms with Crippen molar-refractivity contribution in [2.45, 2.75) is 60.4 Å². The zero-order valence-corrected chi connectivity index (χ0v) is 13.2. The zero-order valence-electron chi connectivity index (χ0n) is 13.2. The van der Waals surface area contributed by atoms with E-state index in [2.05, 4.69) is 33.0 Å². The Bertz CT molecular complexity index is 237. The number of hydrogen-bond acceptors (Lipinski definition) is 3. The number of rotatable bonds is 8. The molecular formula is C15H31NO2. The minimum Gasteiger partial charge on any atom is -0.469 e. The Labute approximate surface area is 113 Å². The third-order valence-electron chi connectivity index (χ3n) is 3.08. The third-order valence-corrected chi connectivity index (χ3v) is 3.08. The maximum absolute atomic E-state index is 11.6. The van der Waals surface area contributed by atoms with Gasteiger partial charge >= 0.3 is 5.97 Å². The van der Waals surface area contributed by atoms with Crippen molar-refractivity contribution >= 4 is 5.97 Å². The highest BCUT2D eigenvalue weighted by Gasteiger charge is 2.29. The van der Waals surface area contributed by atoms with Gasteiger partial charge in [0, 0.05) is 12.6 Å². The van der Waals surface area contributed by atoms with E-state index in [4.69, 9.17) is 4.74 Å². The molecule has 0 fully saturated rings. The molecule has 3 nitrogen and oxygen atoms in total. The molecule has 0 rings (SSSR count). The van der Waals surface area contributed by atoms with Gasteiger partial charge in [0.05, 0.1) is 12.5 Å². The quantitative estimate of drug-likeness (QED) is 0.678. The van der Waals surface area contributed by atoms with Gasteiger partial charge in [-0.2, -0.15) is 0 Å². The van der Waals surface area contributed by atoms with Crippen molar-refractivity contribution in [1.29, 1.82) is 0 Å².